The van der Waals surface area contributed by atoms with Gasteiger partial charge in [0.2, 0.25) is 5.95 Å². The number of nitrogens with zero attached hydrogens (tertiary/aromatic N) is 1. The molecule has 0 saturated carbocycles. The molecule has 4 heteroatoms. The third kappa shape index (κ3) is 4.53. The van der Waals surface area contributed by atoms with Gasteiger partial charge in [-0.15, -0.1) is 0 Å². The smallest absolute Gasteiger partial charge is 0.214 e. The van der Waals surface area contributed by atoms with E-state index in [1.165, 1.54) is 6.07 Å². The van der Waals surface area contributed by atoms with Gasteiger partial charge in [-0.25, -0.2) is 4.98 Å². The van der Waals surface area contributed by atoms with Crippen molar-refractivity contribution in [2.75, 3.05) is 11.9 Å². The molecule has 0 saturated heterocycles. The summed E-state index contributed by atoms with van der Waals surface area (Å²) in [6, 6.07) is 12.6. The molecular weight excluding hydrogens is 255 g/mol. The van der Waals surface area contributed by atoms with Crippen LogP contribution in [0.1, 0.15) is 19.4 Å². The summed E-state index contributed by atoms with van der Waals surface area (Å²) in [6.45, 7) is 5.50. The minimum atomic E-state index is -0.482. The number of hydrogen-bond donors (Lipinski definition) is 1. The van der Waals surface area contributed by atoms with Gasteiger partial charge < -0.3 is 10.1 Å². The molecule has 0 unspecified atom stereocenters. The number of aromatic nitrogens is 1. The van der Waals surface area contributed by atoms with Crippen molar-refractivity contribution < 1.29 is 9.13 Å². The topological polar surface area (TPSA) is 34.1 Å². The minimum Gasteiger partial charge on any atom is -0.493 e. The van der Waals surface area contributed by atoms with E-state index in [1.807, 2.05) is 24.3 Å². The highest BCUT2D eigenvalue weighted by molar-refractivity contribution is 5.36. The van der Waals surface area contributed by atoms with Crippen molar-refractivity contribution in [3.8, 4) is 5.75 Å². The van der Waals surface area contributed by atoms with Crippen LogP contribution in [0.2, 0.25) is 0 Å². The van der Waals surface area contributed by atoms with Crippen LogP contribution < -0.4 is 10.1 Å². The van der Waals surface area contributed by atoms with Crippen LogP contribution in [0.15, 0.2) is 42.5 Å². The number of halogens is 1. The molecule has 3 nitrogen and oxygen atoms in total. The van der Waals surface area contributed by atoms with Crippen LogP contribution >= 0.6 is 0 Å². The van der Waals surface area contributed by atoms with Crippen LogP contribution in [0.5, 0.6) is 5.75 Å². The second-order valence-corrected chi connectivity index (χ2v) is 5.05. The highest BCUT2D eigenvalue weighted by atomic mass is 19.1. The maximum Gasteiger partial charge on any atom is 0.214 e. The lowest BCUT2D eigenvalue weighted by molar-refractivity contribution is 0.271. The van der Waals surface area contributed by atoms with Crippen LogP contribution in [0.4, 0.5) is 10.2 Å². The average Bonchev–Trinajstić information content (AvgIpc) is 2.43. The van der Waals surface area contributed by atoms with Crippen molar-refractivity contribution in [2.45, 2.75) is 20.4 Å². The molecule has 2 rings (SSSR count). The highest BCUT2D eigenvalue weighted by Gasteiger charge is 2.00. The number of nitrogens with one attached hydrogen (secondary N) is 1. The summed E-state index contributed by atoms with van der Waals surface area (Å²) in [4.78, 5) is 3.76. The van der Waals surface area contributed by atoms with Gasteiger partial charge in [-0.2, -0.15) is 4.39 Å². The number of rotatable bonds is 6. The monoisotopic (exact) mass is 274 g/mol. The Morgan fingerprint density at radius 3 is 2.75 bits per heavy atom. The van der Waals surface area contributed by atoms with Crippen molar-refractivity contribution in [1.82, 2.24) is 4.98 Å². The fourth-order valence-electron chi connectivity index (χ4n) is 1.71. The Kier molecular flexibility index (Phi) is 4.93. The Balaban J connectivity index is 1.94. The number of hydrogen-bond acceptors (Lipinski definition) is 3. The van der Waals surface area contributed by atoms with Crippen LogP contribution in [0.3, 0.4) is 0 Å². The van der Waals surface area contributed by atoms with Crippen LogP contribution in [-0.2, 0) is 6.54 Å². The average molecular weight is 274 g/mol. The van der Waals surface area contributed by atoms with Crippen LogP contribution in [0.25, 0.3) is 0 Å². The standard InChI is InChI=1S/C16H19FN2O/c1-12(2)11-20-14-6-3-5-13(9-14)10-18-16-8-4-7-15(17)19-16/h3-9,12H,10-11H2,1-2H3,(H,18,19). The third-order valence-electron chi connectivity index (χ3n) is 2.67. The van der Waals surface area contributed by atoms with Gasteiger partial charge in [0.15, 0.2) is 0 Å². The zero-order chi connectivity index (χ0) is 14.4. The van der Waals surface area contributed by atoms with Crippen molar-refractivity contribution in [3.63, 3.8) is 0 Å². The molecule has 106 valence electrons. The number of ether oxygens (including phenoxy) is 1. The van der Waals surface area contributed by atoms with Crippen molar-refractivity contribution in [2.24, 2.45) is 5.92 Å². The lowest BCUT2D eigenvalue weighted by atomic mass is 10.2. The van der Waals surface area contributed by atoms with Crippen molar-refractivity contribution in [1.29, 1.82) is 0 Å². The second-order valence-electron chi connectivity index (χ2n) is 5.05. The maximum absolute atomic E-state index is 13.0. The molecule has 0 fully saturated rings. The van der Waals surface area contributed by atoms with E-state index in [1.54, 1.807) is 12.1 Å². The molecule has 2 aromatic rings. The quantitative estimate of drug-likeness (QED) is 0.812. The first-order valence-corrected chi connectivity index (χ1v) is 6.71. The molecule has 20 heavy (non-hydrogen) atoms. The summed E-state index contributed by atoms with van der Waals surface area (Å²) < 4.78 is 18.6. The first-order valence-electron chi connectivity index (χ1n) is 6.71. The molecule has 0 aliphatic heterocycles. The van der Waals surface area contributed by atoms with Gasteiger partial charge in [-0.05, 0) is 35.7 Å². The van der Waals surface area contributed by atoms with E-state index >= 15 is 0 Å². The normalized spacial score (nSPS) is 10.6. The van der Waals surface area contributed by atoms with Crippen molar-refractivity contribution >= 4 is 5.82 Å². The number of pyridine rings is 1. The van der Waals surface area contributed by atoms with Gasteiger partial charge in [0.05, 0.1) is 6.61 Å². The second kappa shape index (κ2) is 6.89. The summed E-state index contributed by atoms with van der Waals surface area (Å²) in [6.07, 6.45) is 0. The first kappa shape index (κ1) is 14.3. The Morgan fingerprint density at radius 2 is 2.00 bits per heavy atom. The molecule has 1 aromatic carbocycles. The fourth-order valence-corrected chi connectivity index (χ4v) is 1.71. The Morgan fingerprint density at radius 1 is 1.20 bits per heavy atom. The number of benzene rings is 1. The number of anilines is 1. The predicted molar refractivity (Wildman–Crippen MR) is 78.3 cm³/mol. The Bertz CT molecular complexity index is 558. The third-order valence-corrected chi connectivity index (χ3v) is 2.67. The summed E-state index contributed by atoms with van der Waals surface area (Å²) >= 11 is 0. The van der Waals surface area contributed by atoms with E-state index in [9.17, 15) is 4.39 Å². The van der Waals surface area contributed by atoms with E-state index in [4.69, 9.17) is 4.74 Å². The highest BCUT2D eigenvalue weighted by Crippen LogP contribution is 2.15. The van der Waals surface area contributed by atoms with E-state index in [-0.39, 0.29) is 0 Å². The summed E-state index contributed by atoms with van der Waals surface area (Å²) in [5, 5.41) is 3.09. The molecule has 0 amide bonds. The molecular formula is C16H19FN2O. The van der Waals surface area contributed by atoms with Crippen LogP contribution in [-0.4, -0.2) is 11.6 Å². The zero-order valence-corrected chi connectivity index (χ0v) is 11.8. The predicted octanol–water partition coefficient (Wildman–Crippen LogP) is 3.87. The van der Waals surface area contributed by atoms with Crippen LogP contribution in [0, 0.1) is 11.9 Å². The lowest BCUT2D eigenvalue weighted by Gasteiger charge is -2.10. The molecule has 0 bridgehead atoms. The van der Waals surface area contributed by atoms with Gasteiger partial charge in [-0.1, -0.05) is 32.0 Å². The largest absolute Gasteiger partial charge is 0.493 e. The molecule has 0 atom stereocenters. The van der Waals surface area contributed by atoms with E-state index in [0.717, 1.165) is 11.3 Å². The molecule has 0 spiro atoms. The van der Waals surface area contributed by atoms with Gasteiger partial charge in [0.25, 0.3) is 0 Å². The summed E-state index contributed by atoms with van der Waals surface area (Å²) in [5.74, 6) is 1.39. The first-order chi connectivity index (χ1) is 9.63. The van der Waals surface area contributed by atoms with E-state index in [0.29, 0.717) is 24.9 Å². The van der Waals surface area contributed by atoms with Crippen molar-refractivity contribution in [3.05, 3.63) is 54.0 Å². The molecule has 1 aromatic heterocycles. The molecule has 0 aliphatic rings. The van der Waals surface area contributed by atoms with Gasteiger partial charge in [0, 0.05) is 6.54 Å². The van der Waals surface area contributed by atoms with Gasteiger partial charge in [-0.3, -0.25) is 0 Å². The molecule has 0 radical (unpaired) electrons. The SMILES string of the molecule is CC(C)COc1cccc(CNc2cccc(F)n2)c1. The minimum absolute atomic E-state index is 0.482. The summed E-state index contributed by atoms with van der Waals surface area (Å²) in [5.41, 5.74) is 1.07. The summed E-state index contributed by atoms with van der Waals surface area (Å²) in [7, 11) is 0. The fraction of sp³-hybridized carbons (Fsp3) is 0.312. The molecule has 1 N–H and O–H groups in total. The maximum atomic E-state index is 13.0. The lowest BCUT2D eigenvalue weighted by Crippen LogP contribution is -2.05. The van der Waals surface area contributed by atoms with Gasteiger partial charge in [0.1, 0.15) is 11.6 Å². The van der Waals surface area contributed by atoms with E-state index in [2.05, 4.69) is 24.1 Å². The molecule has 1 heterocycles. The molecule has 0 aliphatic carbocycles. The van der Waals surface area contributed by atoms with E-state index < -0.39 is 5.95 Å². The Labute approximate surface area is 118 Å². The zero-order valence-electron chi connectivity index (χ0n) is 11.8. The van der Waals surface area contributed by atoms with Gasteiger partial charge >= 0.3 is 0 Å². The Hall–Kier alpha value is -2.10.